The van der Waals surface area contributed by atoms with Crippen molar-refractivity contribution < 1.29 is 9.59 Å². The molecule has 1 aromatic carbocycles. The number of carbonyl (C=O) groups is 2. The zero-order chi connectivity index (χ0) is 22.9. The number of carbonyl (C=O) groups excluding carboxylic acids is 2. The Hall–Kier alpha value is -2.75. The first kappa shape index (κ1) is 22.1. The molecular formula is C24H21N3O3S3. The van der Waals surface area contributed by atoms with E-state index in [2.05, 4.69) is 5.32 Å². The average molecular weight is 496 g/mol. The van der Waals surface area contributed by atoms with E-state index in [9.17, 15) is 14.4 Å². The Balaban J connectivity index is 1.51. The van der Waals surface area contributed by atoms with E-state index in [1.54, 1.807) is 22.0 Å². The molecule has 3 aromatic heterocycles. The number of hydrogen-bond acceptors (Lipinski definition) is 7. The Labute approximate surface area is 202 Å². The first-order valence-corrected chi connectivity index (χ1v) is 13.3. The lowest BCUT2D eigenvalue weighted by molar-refractivity contribution is -0.113. The van der Waals surface area contributed by atoms with Crippen molar-refractivity contribution in [1.82, 2.24) is 9.55 Å². The van der Waals surface area contributed by atoms with Gasteiger partial charge in [-0.25, -0.2) is 4.98 Å². The van der Waals surface area contributed by atoms with E-state index in [-0.39, 0.29) is 17.2 Å². The fraction of sp³-hybridized carbons (Fsp3) is 0.250. The third-order valence-electron chi connectivity index (χ3n) is 5.57. The van der Waals surface area contributed by atoms with Gasteiger partial charge in [0.25, 0.3) is 5.56 Å². The maximum atomic E-state index is 13.7. The quantitative estimate of drug-likeness (QED) is 0.225. The zero-order valence-corrected chi connectivity index (χ0v) is 20.4. The molecule has 5 rings (SSSR count). The number of aryl methyl sites for hydroxylation is 3. The van der Waals surface area contributed by atoms with Gasteiger partial charge in [-0.05, 0) is 56.4 Å². The molecule has 0 aliphatic heterocycles. The molecule has 0 radical (unpaired) electrons. The zero-order valence-electron chi connectivity index (χ0n) is 17.9. The summed E-state index contributed by atoms with van der Waals surface area (Å²) in [5, 5.41) is 4.57. The topological polar surface area (TPSA) is 81.1 Å². The van der Waals surface area contributed by atoms with Gasteiger partial charge in [-0.15, -0.1) is 22.7 Å². The SMILES string of the molecule is Cc1cc(C=O)c(NC(=O)CSc2nc3sc4c(c3c(=O)n2-c2ccccc2)CCCC4)s1. The molecule has 3 heterocycles. The number of aromatic nitrogens is 2. The normalized spacial score (nSPS) is 13.1. The van der Waals surface area contributed by atoms with Crippen molar-refractivity contribution in [2.45, 2.75) is 37.8 Å². The fourth-order valence-electron chi connectivity index (χ4n) is 4.10. The number of thioether (sulfide) groups is 1. The molecule has 168 valence electrons. The van der Waals surface area contributed by atoms with Crippen molar-refractivity contribution in [3.05, 3.63) is 67.6 Å². The molecule has 0 saturated carbocycles. The summed E-state index contributed by atoms with van der Waals surface area (Å²) in [6.07, 6.45) is 4.87. The molecule has 0 bridgehead atoms. The summed E-state index contributed by atoms with van der Waals surface area (Å²) >= 11 is 4.20. The van der Waals surface area contributed by atoms with Crippen LogP contribution >= 0.6 is 34.4 Å². The smallest absolute Gasteiger partial charge is 0.267 e. The third-order valence-corrected chi connectivity index (χ3v) is 8.67. The van der Waals surface area contributed by atoms with E-state index in [4.69, 9.17) is 4.98 Å². The lowest BCUT2D eigenvalue weighted by atomic mass is 9.97. The number of anilines is 1. The number of thiophene rings is 2. The number of hydrogen-bond donors (Lipinski definition) is 1. The number of nitrogens with one attached hydrogen (secondary N) is 1. The lowest BCUT2D eigenvalue weighted by Gasteiger charge is -2.13. The maximum absolute atomic E-state index is 13.7. The van der Waals surface area contributed by atoms with Crippen LogP contribution < -0.4 is 10.9 Å². The predicted molar refractivity (Wildman–Crippen MR) is 136 cm³/mol. The molecule has 1 aliphatic carbocycles. The summed E-state index contributed by atoms with van der Waals surface area (Å²) in [6, 6.07) is 11.2. The van der Waals surface area contributed by atoms with E-state index < -0.39 is 0 Å². The van der Waals surface area contributed by atoms with Gasteiger partial charge < -0.3 is 5.32 Å². The van der Waals surface area contributed by atoms with Crippen LogP contribution in [0.3, 0.4) is 0 Å². The molecule has 0 fully saturated rings. The molecule has 33 heavy (non-hydrogen) atoms. The molecule has 0 unspecified atom stereocenters. The minimum atomic E-state index is -0.246. The average Bonchev–Trinajstić information content (AvgIpc) is 3.37. The van der Waals surface area contributed by atoms with Crippen LogP contribution in [0, 0.1) is 6.92 Å². The summed E-state index contributed by atoms with van der Waals surface area (Å²) < 4.78 is 1.62. The highest BCUT2D eigenvalue weighted by Gasteiger charge is 2.23. The molecule has 1 amide bonds. The fourth-order valence-corrected chi connectivity index (χ4v) is 7.11. The summed E-state index contributed by atoms with van der Waals surface area (Å²) in [5.41, 5.74) is 2.27. The first-order chi connectivity index (χ1) is 16.0. The molecule has 1 aliphatic rings. The largest absolute Gasteiger partial charge is 0.316 e. The van der Waals surface area contributed by atoms with Crippen LogP contribution in [0.1, 0.15) is 38.5 Å². The second kappa shape index (κ2) is 9.24. The second-order valence-electron chi connectivity index (χ2n) is 7.86. The summed E-state index contributed by atoms with van der Waals surface area (Å²) in [7, 11) is 0. The number of fused-ring (bicyclic) bond motifs is 3. The molecule has 6 nitrogen and oxygen atoms in total. The van der Waals surface area contributed by atoms with Crippen molar-refractivity contribution in [3.63, 3.8) is 0 Å². The van der Waals surface area contributed by atoms with Gasteiger partial charge in [-0.1, -0.05) is 30.0 Å². The van der Waals surface area contributed by atoms with Gasteiger partial charge in [-0.3, -0.25) is 19.0 Å². The van der Waals surface area contributed by atoms with E-state index in [0.717, 1.165) is 58.3 Å². The lowest BCUT2D eigenvalue weighted by Crippen LogP contribution is -2.23. The standard InChI is InChI=1S/C24H21N3O3S3/c1-14-11-15(12-28)21(32-14)25-19(29)13-31-24-26-22-20(17-9-5-6-10-18(17)33-22)23(30)27(24)16-7-3-2-4-8-16/h2-4,7-8,11-12H,5-6,9-10,13H2,1H3,(H,25,29). The van der Waals surface area contributed by atoms with Crippen LogP contribution in [0.15, 0.2) is 46.3 Å². The van der Waals surface area contributed by atoms with Crippen molar-refractivity contribution >= 4 is 61.8 Å². The number of rotatable bonds is 6. The third kappa shape index (κ3) is 4.28. The van der Waals surface area contributed by atoms with E-state index in [1.165, 1.54) is 28.0 Å². The van der Waals surface area contributed by atoms with Gasteiger partial charge in [-0.2, -0.15) is 0 Å². The second-order valence-corrected chi connectivity index (χ2v) is 11.1. The van der Waals surface area contributed by atoms with E-state index >= 15 is 0 Å². The molecule has 1 N–H and O–H groups in total. The van der Waals surface area contributed by atoms with Crippen LogP contribution in [0.25, 0.3) is 15.9 Å². The van der Waals surface area contributed by atoms with E-state index in [0.29, 0.717) is 15.7 Å². The highest BCUT2D eigenvalue weighted by molar-refractivity contribution is 7.99. The minimum Gasteiger partial charge on any atom is -0.316 e. The number of para-hydroxylation sites is 1. The predicted octanol–water partition coefficient (Wildman–Crippen LogP) is 5.24. The van der Waals surface area contributed by atoms with Gasteiger partial charge in [0.2, 0.25) is 5.91 Å². The van der Waals surface area contributed by atoms with Gasteiger partial charge in [0.05, 0.1) is 16.8 Å². The summed E-state index contributed by atoms with van der Waals surface area (Å²) in [4.78, 5) is 45.4. The summed E-state index contributed by atoms with van der Waals surface area (Å²) in [5.74, 6) is -0.171. The van der Waals surface area contributed by atoms with Crippen molar-refractivity contribution in [3.8, 4) is 5.69 Å². The van der Waals surface area contributed by atoms with Gasteiger partial charge in [0.1, 0.15) is 9.83 Å². The molecule has 0 atom stereocenters. The number of amides is 1. The van der Waals surface area contributed by atoms with Gasteiger partial charge in [0.15, 0.2) is 11.4 Å². The van der Waals surface area contributed by atoms with Gasteiger partial charge in [0, 0.05) is 15.3 Å². The Morgan fingerprint density at radius 3 is 2.79 bits per heavy atom. The Kier molecular flexibility index (Phi) is 6.18. The Bertz CT molecular complexity index is 1420. The van der Waals surface area contributed by atoms with Crippen molar-refractivity contribution in [1.29, 1.82) is 0 Å². The summed E-state index contributed by atoms with van der Waals surface area (Å²) in [6.45, 7) is 1.89. The van der Waals surface area contributed by atoms with Crippen LogP contribution in [0.5, 0.6) is 0 Å². The first-order valence-electron chi connectivity index (χ1n) is 10.7. The number of aldehydes is 1. The van der Waals surface area contributed by atoms with Crippen molar-refractivity contribution in [2.75, 3.05) is 11.1 Å². The van der Waals surface area contributed by atoms with Crippen molar-refractivity contribution in [2.24, 2.45) is 0 Å². The van der Waals surface area contributed by atoms with Gasteiger partial charge >= 0.3 is 0 Å². The number of benzene rings is 1. The molecular weight excluding hydrogens is 474 g/mol. The molecule has 4 aromatic rings. The van der Waals surface area contributed by atoms with Crippen LogP contribution in [0.2, 0.25) is 0 Å². The van der Waals surface area contributed by atoms with Crippen LogP contribution in [-0.2, 0) is 17.6 Å². The molecule has 9 heteroatoms. The maximum Gasteiger partial charge on any atom is 0.267 e. The van der Waals surface area contributed by atoms with Crippen LogP contribution in [-0.4, -0.2) is 27.5 Å². The van der Waals surface area contributed by atoms with E-state index in [1.807, 2.05) is 37.3 Å². The Morgan fingerprint density at radius 1 is 1.21 bits per heavy atom. The monoisotopic (exact) mass is 495 g/mol. The highest BCUT2D eigenvalue weighted by atomic mass is 32.2. The minimum absolute atomic E-state index is 0.0745. The Morgan fingerprint density at radius 2 is 2.00 bits per heavy atom. The molecule has 0 spiro atoms. The number of nitrogens with zero attached hydrogens (tertiary/aromatic N) is 2. The van der Waals surface area contributed by atoms with Crippen LogP contribution in [0.4, 0.5) is 5.00 Å². The highest BCUT2D eigenvalue weighted by Crippen LogP contribution is 2.35. The molecule has 0 saturated heterocycles.